The van der Waals surface area contributed by atoms with Crippen LogP contribution in [0.25, 0.3) is 6.08 Å². The molecule has 0 unspecified atom stereocenters. The molecule has 10 heteroatoms. The van der Waals surface area contributed by atoms with Gasteiger partial charge in [0, 0.05) is 17.7 Å². The zero-order valence-electron chi connectivity index (χ0n) is 22.7. The zero-order valence-corrected chi connectivity index (χ0v) is 23.5. The Balaban J connectivity index is 1.68. The van der Waals surface area contributed by atoms with Crippen molar-refractivity contribution in [2.24, 2.45) is 0 Å². The Morgan fingerprint density at radius 3 is 2.32 bits per heavy atom. The average Bonchev–Trinajstić information content (AvgIpc) is 2.95. The van der Waals surface area contributed by atoms with E-state index in [0.29, 0.717) is 35.8 Å². The van der Waals surface area contributed by atoms with E-state index in [1.54, 1.807) is 42.5 Å². The number of benzene rings is 3. The third-order valence-corrected chi connectivity index (χ3v) is 6.65. The standard InChI is InChI=1S/C31H29N3O6S/c1-4-7-23-16-22(18-27(39-6-3)28(23)40-19-21-10-14-25(15-11-21)34(37)38)17-26-29(35)32-31(41)33(30(26)36)24-12-8-20(5-2)9-13-24/h4,8-18H,1,5-7,19H2,2-3H3,(H,32,35,41)/b26-17+. The summed E-state index contributed by atoms with van der Waals surface area (Å²) in [5.41, 5.74) is 3.60. The molecular formula is C31H29N3O6S. The van der Waals surface area contributed by atoms with Crippen LogP contribution in [-0.2, 0) is 29.0 Å². The molecule has 0 atom stereocenters. The van der Waals surface area contributed by atoms with Gasteiger partial charge >= 0.3 is 0 Å². The number of hydrogen-bond acceptors (Lipinski definition) is 7. The van der Waals surface area contributed by atoms with Crippen molar-refractivity contribution >= 4 is 46.6 Å². The number of carbonyl (C=O) groups is 2. The first-order chi connectivity index (χ1) is 19.7. The normalized spacial score (nSPS) is 14.1. The number of allylic oxidation sites excluding steroid dienone is 1. The molecule has 1 fully saturated rings. The van der Waals surface area contributed by atoms with E-state index in [1.165, 1.54) is 23.1 Å². The summed E-state index contributed by atoms with van der Waals surface area (Å²) in [6.45, 7) is 8.20. The third kappa shape index (κ3) is 6.67. The predicted octanol–water partition coefficient (Wildman–Crippen LogP) is 5.69. The van der Waals surface area contributed by atoms with E-state index in [-0.39, 0.29) is 23.0 Å². The van der Waals surface area contributed by atoms with Crippen molar-refractivity contribution in [3.05, 3.63) is 111 Å². The van der Waals surface area contributed by atoms with Crippen LogP contribution in [-0.4, -0.2) is 28.5 Å². The summed E-state index contributed by atoms with van der Waals surface area (Å²) >= 11 is 5.32. The van der Waals surface area contributed by atoms with E-state index in [4.69, 9.17) is 21.7 Å². The number of amides is 2. The molecule has 4 rings (SSSR count). The fraction of sp³-hybridized carbons (Fsp3) is 0.194. The van der Waals surface area contributed by atoms with Crippen LogP contribution in [0.1, 0.15) is 36.1 Å². The maximum atomic E-state index is 13.5. The van der Waals surface area contributed by atoms with Crippen LogP contribution in [0.2, 0.25) is 0 Å². The summed E-state index contributed by atoms with van der Waals surface area (Å²) < 4.78 is 12.0. The van der Waals surface area contributed by atoms with E-state index in [0.717, 1.165) is 23.1 Å². The lowest BCUT2D eigenvalue weighted by Crippen LogP contribution is -2.54. The van der Waals surface area contributed by atoms with Gasteiger partial charge in [0.1, 0.15) is 12.2 Å². The molecular weight excluding hydrogens is 542 g/mol. The number of nitro groups is 1. The van der Waals surface area contributed by atoms with Gasteiger partial charge in [-0.15, -0.1) is 6.58 Å². The van der Waals surface area contributed by atoms with Crippen LogP contribution in [0.5, 0.6) is 11.5 Å². The van der Waals surface area contributed by atoms with E-state index >= 15 is 0 Å². The third-order valence-electron chi connectivity index (χ3n) is 6.36. The van der Waals surface area contributed by atoms with Gasteiger partial charge in [0.15, 0.2) is 16.6 Å². The minimum absolute atomic E-state index is 0.00732. The predicted molar refractivity (Wildman–Crippen MR) is 161 cm³/mol. The van der Waals surface area contributed by atoms with Crippen molar-refractivity contribution in [3.63, 3.8) is 0 Å². The molecule has 0 radical (unpaired) electrons. The van der Waals surface area contributed by atoms with Crippen LogP contribution in [0.3, 0.4) is 0 Å². The van der Waals surface area contributed by atoms with Gasteiger partial charge < -0.3 is 9.47 Å². The van der Waals surface area contributed by atoms with Crippen LogP contribution in [0.15, 0.2) is 78.9 Å². The van der Waals surface area contributed by atoms with Gasteiger partial charge in [0.25, 0.3) is 17.5 Å². The second-order valence-electron chi connectivity index (χ2n) is 9.12. The number of ether oxygens (including phenoxy) is 2. The monoisotopic (exact) mass is 571 g/mol. The lowest BCUT2D eigenvalue weighted by Gasteiger charge is -2.29. The number of non-ortho nitro benzene ring substituents is 1. The highest BCUT2D eigenvalue weighted by Gasteiger charge is 2.34. The Morgan fingerprint density at radius 1 is 1.02 bits per heavy atom. The number of anilines is 1. The second kappa shape index (κ2) is 13.0. The highest BCUT2D eigenvalue weighted by molar-refractivity contribution is 7.80. The molecule has 0 aliphatic carbocycles. The molecule has 1 N–H and O–H groups in total. The van der Waals surface area contributed by atoms with Crippen molar-refractivity contribution in [1.82, 2.24) is 5.32 Å². The lowest BCUT2D eigenvalue weighted by molar-refractivity contribution is -0.384. The first-order valence-corrected chi connectivity index (χ1v) is 13.4. The number of hydrogen-bond donors (Lipinski definition) is 1. The topological polar surface area (TPSA) is 111 Å². The minimum Gasteiger partial charge on any atom is -0.490 e. The number of rotatable bonds is 11. The highest BCUT2D eigenvalue weighted by Crippen LogP contribution is 2.36. The minimum atomic E-state index is -0.594. The molecule has 1 aliphatic rings. The molecule has 41 heavy (non-hydrogen) atoms. The van der Waals surface area contributed by atoms with E-state index < -0.39 is 16.7 Å². The summed E-state index contributed by atoms with van der Waals surface area (Å²) in [6.07, 6.45) is 4.48. The molecule has 0 spiro atoms. The quantitative estimate of drug-likeness (QED) is 0.0786. The van der Waals surface area contributed by atoms with Crippen LogP contribution < -0.4 is 19.7 Å². The Kier molecular flexibility index (Phi) is 9.26. The number of nitrogens with one attached hydrogen (secondary N) is 1. The molecule has 1 saturated heterocycles. The summed E-state index contributed by atoms with van der Waals surface area (Å²) in [6, 6.07) is 17.0. The van der Waals surface area contributed by atoms with Crippen LogP contribution in [0, 0.1) is 10.1 Å². The number of carbonyl (C=O) groups excluding carboxylic acids is 2. The first-order valence-electron chi connectivity index (χ1n) is 13.0. The van der Waals surface area contributed by atoms with E-state index in [9.17, 15) is 19.7 Å². The molecule has 3 aromatic carbocycles. The summed E-state index contributed by atoms with van der Waals surface area (Å²) in [5.74, 6) is -0.231. The maximum absolute atomic E-state index is 13.5. The van der Waals surface area contributed by atoms with Crippen molar-refractivity contribution in [1.29, 1.82) is 0 Å². The Morgan fingerprint density at radius 2 is 1.71 bits per heavy atom. The molecule has 9 nitrogen and oxygen atoms in total. The summed E-state index contributed by atoms with van der Waals surface area (Å²) in [4.78, 5) is 38.2. The maximum Gasteiger partial charge on any atom is 0.270 e. The molecule has 0 aromatic heterocycles. The van der Waals surface area contributed by atoms with Crippen molar-refractivity contribution in [2.45, 2.75) is 33.3 Å². The van der Waals surface area contributed by atoms with Crippen LogP contribution in [0.4, 0.5) is 11.4 Å². The fourth-order valence-electron chi connectivity index (χ4n) is 4.31. The van der Waals surface area contributed by atoms with E-state index in [2.05, 4.69) is 11.9 Å². The summed E-state index contributed by atoms with van der Waals surface area (Å²) in [7, 11) is 0. The number of aryl methyl sites for hydroxylation is 1. The number of nitrogens with zero attached hydrogens (tertiary/aromatic N) is 2. The van der Waals surface area contributed by atoms with Gasteiger partial charge in [-0.05, 0) is 91.1 Å². The van der Waals surface area contributed by atoms with Crippen molar-refractivity contribution in [2.75, 3.05) is 11.5 Å². The van der Waals surface area contributed by atoms with Gasteiger partial charge in [-0.1, -0.05) is 25.1 Å². The Bertz CT molecular complexity index is 1530. The Hall–Kier alpha value is -4.83. The molecule has 2 amide bonds. The zero-order chi connectivity index (χ0) is 29.5. The number of thiocarbonyl (C=S) groups is 1. The fourth-order valence-corrected chi connectivity index (χ4v) is 4.59. The van der Waals surface area contributed by atoms with Gasteiger partial charge in [-0.25, -0.2) is 0 Å². The van der Waals surface area contributed by atoms with Crippen molar-refractivity contribution < 1.29 is 24.0 Å². The van der Waals surface area contributed by atoms with Gasteiger partial charge in [-0.2, -0.15) is 0 Å². The largest absolute Gasteiger partial charge is 0.490 e. The number of nitro benzene ring substituents is 1. The van der Waals surface area contributed by atoms with Gasteiger partial charge in [-0.3, -0.25) is 29.9 Å². The molecule has 0 bridgehead atoms. The molecule has 0 saturated carbocycles. The van der Waals surface area contributed by atoms with Crippen molar-refractivity contribution in [3.8, 4) is 11.5 Å². The Labute approximate surface area is 243 Å². The summed E-state index contributed by atoms with van der Waals surface area (Å²) in [5, 5.41) is 13.6. The van der Waals surface area contributed by atoms with E-state index in [1.807, 2.05) is 26.0 Å². The lowest BCUT2D eigenvalue weighted by atomic mass is 10.0. The molecule has 1 aliphatic heterocycles. The average molecular weight is 572 g/mol. The SMILES string of the molecule is C=CCc1cc(/C=C2\C(=O)NC(=S)N(c3ccc(CC)cc3)C2=O)cc(OCC)c1OCc1ccc([N+](=O)[O-])cc1. The van der Waals surface area contributed by atoms with Gasteiger partial charge in [0.2, 0.25) is 0 Å². The second-order valence-corrected chi connectivity index (χ2v) is 9.51. The first kappa shape index (κ1) is 29.2. The molecule has 1 heterocycles. The highest BCUT2D eigenvalue weighted by atomic mass is 32.1. The molecule has 3 aromatic rings. The molecule has 210 valence electrons. The van der Waals surface area contributed by atoms with Gasteiger partial charge in [0.05, 0.1) is 17.2 Å². The van der Waals surface area contributed by atoms with Crippen LogP contribution >= 0.6 is 12.2 Å². The smallest absolute Gasteiger partial charge is 0.270 e.